The van der Waals surface area contributed by atoms with Crippen molar-refractivity contribution in [1.29, 1.82) is 0 Å². The Hall–Kier alpha value is -2.70. The van der Waals surface area contributed by atoms with Gasteiger partial charge in [-0.15, -0.1) is 8.58 Å². The van der Waals surface area contributed by atoms with Crippen LogP contribution in [0.1, 0.15) is 49.6 Å². The van der Waals surface area contributed by atoms with E-state index in [1.54, 1.807) is 0 Å². The van der Waals surface area contributed by atoms with Gasteiger partial charge in [-0.2, -0.15) is 0 Å². The number of piperidine rings is 1. The number of nitrogens with zero attached hydrogens (tertiary/aromatic N) is 5. The van der Waals surface area contributed by atoms with Crippen LogP contribution in [-0.4, -0.2) is 83.3 Å². The number of hydrogen-bond donors (Lipinski definition) is 1. The van der Waals surface area contributed by atoms with Gasteiger partial charge in [0, 0.05) is 68.8 Å². The van der Waals surface area contributed by atoms with Crippen LogP contribution in [0.5, 0.6) is 5.75 Å². The number of anilines is 3. The van der Waals surface area contributed by atoms with Gasteiger partial charge in [-0.3, -0.25) is 14.7 Å². The van der Waals surface area contributed by atoms with Crippen LogP contribution in [0.25, 0.3) is 0 Å². The van der Waals surface area contributed by atoms with Gasteiger partial charge < -0.3 is 19.9 Å². The zero-order valence-electron chi connectivity index (χ0n) is 23.0. The maximum atomic E-state index is 11.9. The lowest BCUT2D eigenvalue weighted by atomic mass is 9.90. The molecule has 2 aromatic heterocycles. The predicted octanol–water partition coefficient (Wildman–Crippen LogP) is 4.52. The number of pyridine rings is 2. The third-order valence-electron chi connectivity index (χ3n) is 8.06. The number of aromatic nitrogens is 2. The molecule has 0 unspecified atom stereocenters. The largest absolute Gasteiger partial charge is 0.485 e. The molecule has 0 aliphatic carbocycles. The van der Waals surface area contributed by atoms with Gasteiger partial charge in [0.25, 0.3) is 0 Å². The van der Waals surface area contributed by atoms with Crippen molar-refractivity contribution in [2.45, 2.75) is 52.2 Å². The summed E-state index contributed by atoms with van der Waals surface area (Å²) < 4.78 is 6.34. The van der Waals surface area contributed by atoms with E-state index in [0.29, 0.717) is 18.6 Å². The number of carbonyl (C=O) groups excluding carboxylic acids is 1. The fraction of sp³-hybridized carbons (Fsp3) is 0.552. The van der Waals surface area contributed by atoms with Crippen molar-refractivity contribution in [3.63, 3.8) is 0 Å². The third kappa shape index (κ3) is 5.39. The van der Waals surface area contributed by atoms with E-state index >= 15 is 0 Å². The molecule has 1 N–H and O–H groups in total. The van der Waals surface area contributed by atoms with Gasteiger partial charge in [-0.05, 0) is 50.3 Å². The van der Waals surface area contributed by atoms with Gasteiger partial charge in [0.15, 0.2) is 5.75 Å². The van der Waals surface area contributed by atoms with E-state index in [9.17, 15) is 4.79 Å². The number of rotatable bonds is 4. The standard InChI is InChI=1S/C27H35N6O2P.C2H6/c1-3-25(34)32-8-5-20(6-9-32)33-15-19(16-33)22-14-23-26(18(2)29-22)35-17-21-24(4-7-28-27(21)30-23)31-10-12-36-13-11-31;1-2/h3-4,7,14,19-20,36H,1,5-6,8-13,15-17H2,2H3,(H,28,30);1-2H3. The van der Waals surface area contributed by atoms with Crippen molar-refractivity contribution in [2.24, 2.45) is 0 Å². The molecule has 0 radical (unpaired) electrons. The molecular formula is C29H41N6O2P. The van der Waals surface area contributed by atoms with Crippen LogP contribution >= 0.6 is 8.58 Å². The van der Waals surface area contributed by atoms with Crippen molar-refractivity contribution in [3.8, 4) is 5.75 Å². The fourth-order valence-corrected chi connectivity index (χ4v) is 7.06. The number of carbonyl (C=O) groups is 1. The predicted molar refractivity (Wildman–Crippen MR) is 157 cm³/mol. The molecule has 4 aliphatic rings. The second-order valence-electron chi connectivity index (χ2n) is 10.2. The zero-order chi connectivity index (χ0) is 26.6. The van der Waals surface area contributed by atoms with Crippen molar-refractivity contribution in [1.82, 2.24) is 19.8 Å². The molecule has 2 aromatic rings. The van der Waals surface area contributed by atoms with Gasteiger partial charge in [-0.1, -0.05) is 20.4 Å². The van der Waals surface area contributed by atoms with Crippen LogP contribution in [-0.2, 0) is 11.4 Å². The van der Waals surface area contributed by atoms with Crippen LogP contribution in [0.15, 0.2) is 31.0 Å². The molecular weight excluding hydrogens is 495 g/mol. The summed E-state index contributed by atoms with van der Waals surface area (Å²) in [5.74, 6) is 2.19. The van der Waals surface area contributed by atoms with Gasteiger partial charge in [0.2, 0.25) is 5.91 Å². The Kier molecular flexibility index (Phi) is 8.49. The quantitative estimate of drug-likeness (QED) is 0.455. The van der Waals surface area contributed by atoms with Gasteiger partial charge in [0.1, 0.15) is 12.4 Å². The molecule has 204 valence electrons. The molecule has 6 rings (SSSR count). The summed E-state index contributed by atoms with van der Waals surface area (Å²) in [4.78, 5) is 28.5. The molecule has 0 bridgehead atoms. The van der Waals surface area contributed by atoms with Crippen molar-refractivity contribution in [2.75, 3.05) is 61.8 Å². The first-order chi connectivity index (χ1) is 18.6. The molecule has 3 saturated heterocycles. The summed E-state index contributed by atoms with van der Waals surface area (Å²) >= 11 is 0. The Bertz CT molecular complexity index is 1150. The minimum Gasteiger partial charge on any atom is -0.485 e. The average molecular weight is 537 g/mol. The molecule has 6 heterocycles. The van der Waals surface area contributed by atoms with E-state index in [0.717, 1.165) is 94.9 Å². The van der Waals surface area contributed by atoms with E-state index in [-0.39, 0.29) is 5.91 Å². The first kappa shape index (κ1) is 26.9. The van der Waals surface area contributed by atoms with Crippen LogP contribution in [0.4, 0.5) is 17.2 Å². The Balaban J connectivity index is 0.00000144. The number of ether oxygens (including phenoxy) is 1. The van der Waals surface area contributed by atoms with E-state index < -0.39 is 0 Å². The number of nitrogens with one attached hydrogen (secondary N) is 1. The van der Waals surface area contributed by atoms with E-state index in [1.165, 1.54) is 24.1 Å². The summed E-state index contributed by atoms with van der Waals surface area (Å²) in [6, 6.07) is 4.84. The molecule has 0 atom stereocenters. The Morgan fingerprint density at radius 3 is 2.63 bits per heavy atom. The number of hydrogen-bond acceptors (Lipinski definition) is 7. The lowest BCUT2D eigenvalue weighted by molar-refractivity contribution is -0.127. The normalized spacial score (nSPS) is 20.0. The first-order valence-corrected chi connectivity index (χ1v) is 15.5. The number of aryl methyl sites for hydroxylation is 1. The molecule has 3 fully saturated rings. The Morgan fingerprint density at radius 2 is 1.92 bits per heavy atom. The fourth-order valence-electron chi connectivity index (χ4n) is 5.95. The lowest BCUT2D eigenvalue weighted by Gasteiger charge is -2.47. The highest BCUT2D eigenvalue weighted by atomic mass is 31.1. The summed E-state index contributed by atoms with van der Waals surface area (Å²) in [7, 11) is 1.08. The molecule has 0 saturated carbocycles. The van der Waals surface area contributed by atoms with Crippen molar-refractivity contribution >= 4 is 31.7 Å². The van der Waals surface area contributed by atoms with Crippen LogP contribution < -0.4 is 15.0 Å². The summed E-state index contributed by atoms with van der Waals surface area (Å²) in [5.41, 5.74) is 5.39. The smallest absolute Gasteiger partial charge is 0.245 e. The lowest BCUT2D eigenvalue weighted by Crippen LogP contribution is -2.54. The maximum absolute atomic E-state index is 11.9. The molecule has 8 nitrogen and oxygen atoms in total. The van der Waals surface area contributed by atoms with Crippen LogP contribution in [0, 0.1) is 6.92 Å². The van der Waals surface area contributed by atoms with E-state index in [2.05, 4.69) is 33.8 Å². The average Bonchev–Trinajstić information content (AvgIpc) is 3.13. The monoisotopic (exact) mass is 536 g/mol. The minimum absolute atomic E-state index is 0.0498. The van der Waals surface area contributed by atoms with E-state index in [1.807, 2.05) is 31.9 Å². The highest BCUT2D eigenvalue weighted by Crippen LogP contribution is 2.41. The summed E-state index contributed by atoms with van der Waals surface area (Å²) in [5, 5.41) is 3.60. The highest BCUT2D eigenvalue weighted by molar-refractivity contribution is 7.38. The molecule has 0 spiro atoms. The zero-order valence-corrected chi connectivity index (χ0v) is 24.0. The third-order valence-corrected chi connectivity index (χ3v) is 9.21. The summed E-state index contributed by atoms with van der Waals surface area (Å²) in [6.45, 7) is 16.0. The number of amides is 1. The van der Waals surface area contributed by atoms with Crippen molar-refractivity contribution < 1.29 is 9.53 Å². The number of likely N-dealkylation sites (tertiary alicyclic amines) is 2. The minimum atomic E-state index is 0.0498. The second kappa shape index (κ2) is 12.0. The van der Waals surface area contributed by atoms with Gasteiger partial charge >= 0.3 is 0 Å². The van der Waals surface area contributed by atoms with Crippen LogP contribution in [0.3, 0.4) is 0 Å². The highest BCUT2D eigenvalue weighted by Gasteiger charge is 2.37. The topological polar surface area (TPSA) is 73.8 Å². The summed E-state index contributed by atoms with van der Waals surface area (Å²) in [6.07, 6.45) is 7.93. The number of fused-ring (bicyclic) bond motifs is 2. The molecule has 38 heavy (non-hydrogen) atoms. The molecule has 4 aliphatic heterocycles. The van der Waals surface area contributed by atoms with E-state index in [4.69, 9.17) is 14.7 Å². The van der Waals surface area contributed by atoms with Gasteiger partial charge in [0.05, 0.1) is 16.9 Å². The molecule has 9 heteroatoms. The maximum Gasteiger partial charge on any atom is 0.245 e. The SMILES string of the molecule is C=CC(=O)N1CCC(N2CC(c3cc4c(c(C)n3)OCc3c(N5CCPCC5)ccnc3N4)C2)CC1.CC. The Labute approximate surface area is 228 Å². The van der Waals surface area contributed by atoms with Gasteiger partial charge in [-0.25, -0.2) is 4.98 Å². The van der Waals surface area contributed by atoms with Crippen LogP contribution in [0.2, 0.25) is 0 Å². The first-order valence-electron chi connectivity index (χ1n) is 14.1. The van der Waals surface area contributed by atoms with Crippen molar-refractivity contribution in [3.05, 3.63) is 47.9 Å². The second-order valence-corrected chi connectivity index (χ2v) is 11.7. The molecule has 1 amide bonds. The molecule has 0 aromatic carbocycles. The Morgan fingerprint density at radius 1 is 1.18 bits per heavy atom.